The largest absolute Gasteiger partial charge is 0.378 e. The number of nitrogens with one attached hydrogen (secondary N) is 1. The molecule has 1 aromatic rings. The molecular formula is C16H26N2O. The number of anilines is 1. The third-order valence-corrected chi connectivity index (χ3v) is 3.87. The van der Waals surface area contributed by atoms with Crippen LogP contribution >= 0.6 is 0 Å². The van der Waals surface area contributed by atoms with E-state index < -0.39 is 0 Å². The second kappa shape index (κ2) is 6.92. The van der Waals surface area contributed by atoms with Crippen LogP contribution in [0.25, 0.3) is 0 Å². The zero-order chi connectivity index (χ0) is 13.7. The second-order valence-corrected chi connectivity index (χ2v) is 5.56. The third-order valence-electron chi connectivity index (χ3n) is 3.87. The average molecular weight is 262 g/mol. The molecule has 1 fully saturated rings. The summed E-state index contributed by atoms with van der Waals surface area (Å²) in [5, 5.41) is 3.66. The van der Waals surface area contributed by atoms with Crippen molar-refractivity contribution in [2.45, 2.75) is 44.9 Å². The number of nitrogens with zero attached hydrogens (tertiary/aromatic N) is 1. The van der Waals surface area contributed by atoms with Gasteiger partial charge in [0.1, 0.15) is 0 Å². The molecule has 19 heavy (non-hydrogen) atoms. The predicted molar refractivity (Wildman–Crippen MR) is 80.7 cm³/mol. The van der Waals surface area contributed by atoms with Gasteiger partial charge >= 0.3 is 0 Å². The molecule has 3 nitrogen and oxygen atoms in total. The minimum atomic E-state index is 0.447. The number of benzene rings is 1. The lowest BCUT2D eigenvalue weighted by molar-refractivity contribution is -0.000318. The summed E-state index contributed by atoms with van der Waals surface area (Å²) in [7, 11) is 4.14. The van der Waals surface area contributed by atoms with E-state index >= 15 is 0 Å². The van der Waals surface area contributed by atoms with Gasteiger partial charge < -0.3 is 15.0 Å². The van der Waals surface area contributed by atoms with Crippen LogP contribution in [0.2, 0.25) is 0 Å². The Bertz CT molecular complexity index is 375. The fraction of sp³-hybridized carbons (Fsp3) is 0.625. The number of ether oxygens (including phenoxy) is 1. The van der Waals surface area contributed by atoms with Crippen molar-refractivity contribution in [2.75, 3.05) is 25.6 Å². The molecule has 1 N–H and O–H groups in total. The highest BCUT2D eigenvalue weighted by molar-refractivity contribution is 5.45. The monoisotopic (exact) mass is 262 g/mol. The topological polar surface area (TPSA) is 24.5 Å². The third kappa shape index (κ3) is 4.22. The van der Waals surface area contributed by atoms with Gasteiger partial charge in [0, 0.05) is 39.0 Å². The van der Waals surface area contributed by atoms with Crippen molar-refractivity contribution in [2.24, 2.45) is 0 Å². The molecule has 0 aliphatic carbocycles. The Kier molecular flexibility index (Phi) is 5.23. The molecule has 0 saturated carbocycles. The summed E-state index contributed by atoms with van der Waals surface area (Å²) in [4.78, 5) is 2.13. The summed E-state index contributed by atoms with van der Waals surface area (Å²) in [6, 6.07) is 9.37. The Morgan fingerprint density at radius 3 is 2.63 bits per heavy atom. The zero-order valence-corrected chi connectivity index (χ0v) is 12.4. The van der Waals surface area contributed by atoms with Gasteiger partial charge in [0.2, 0.25) is 0 Å². The van der Waals surface area contributed by atoms with Crippen LogP contribution in [0.5, 0.6) is 0 Å². The van der Waals surface area contributed by atoms with E-state index in [0.29, 0.717) is 12.1 Å². The van der Waals surface area contributed by atoms with Crippen LogP contribution in [0.1, 0.15) is 31.7 Å². The van der Waals surface area contributed by atoms with Gasteiger partial charge in [-0.1, -0.05) is 19.1 Å². The highest BCUT2D eigenvalue weighted by atomic mass is 16.5. The lowest BCUT2D eigenvalue weighted by Crippen LogP contribution is -2.38. The molecule has 1 aromatic carbocycles. The molecule has 2 rings (SSSR count). The Hall–Kier alpha value is -1.06. The maximum Gasteiger partial charge on any atom is 0.0587 e. The van der Waals surface area contributed by atoms with Gasteiger partial charge in [-0.2, -0.15) is 0 Å². The molecule has 1 aliphatic heterocycles. The molecule has 2 atom stereocenters. The van der Waals surface area contributed by atoms with E-state index in [-0.39, 0.29) is 0 Å². The Labute approximate surface area is 116 Å². The molecule has 1 aliphatic rings. The molecule has 0 spiro atoms. The number of rotatable bonds is 5. The van der Waals surface area contributed by atoms with E-state index in [4.69, 9.17) is 4.74 Å². The summed E-state index contributed by atoms with van der Waals surface area (Å²) in [5.41, 5.74) is 2.60. The minimum Gasteiger partial charge on any atom is -0.378 e. The van der Waals surface area contributed by atoms with E-state index in [1.165, 1.54) is 11.3 Å². The van der Waals surface area contributed by atoms with Crippen molar-refractivity contribution < 1.29 is 4.74 Å². The molecule has 0 amide bonds. The fourth-order valence-electron chi connectivity index (χ4n) is 2.52. The first kappa shape index (κ1) is 14.4. The molecule has 0 aromatic heterocycles. The van der Waals surface area contributed by atoms with E-state index in [1.807, 2.05) is 0 Å². The van der Waals surface area contributed by atoms with Crippen LogP contribution in [-0.4, -0.2) is 32.8 Å². The van der Waals surface area contributed by atoms with Crippen LogP contribution in [-0.2, 0) is 11.3 Å². The normalized spacial score (nSPS) is 23.3. The molecule has 106 valence electrons. The van der Waals surface area contributed by atoms with E-state index in [2.05, 4.69) is 55.5 Å². The first-order valence-electron chi connectivity index (χ1n) is 7.30. The minimum absolute atomic E-state index is 0.447. The molecule has 2 unspecified atom stereocenters. The van der Waals surface area contributed by atoms with Gasteiger partial charge in [0.05, 0.1) is 6.10 Å². The fourth-order valence-corrected chi connectivity index (χ4v) is 2.52. The quantitative estimate of drug-likeness (QED) is 0.883. The van der Waals surface area contributed by atoms with Crippen molar-refractivity contribution in [1.82, 2.24) is 5.32 Å². The standard InChI is InChI=1S/C16H26N2O/c1-4-16-11-14(9-10-19-16)17-12-13-5-7-15(8-6-13)18(2)3/h5-8,14,16-17H,4,9-12H2,1-3H3. The van der Waals surface area contributed by atoms with Crippen molar-refractivity contribution >= 4 is 5.69 Å². The summed E-state index contributed by atoms with van der Waals surface area (Å²) in [5.74, 6) is 0. The second-order valence-electron chi connectivity index (χ2n) is 5.56. The summed E-state index contributed by atoms with van der Waals surface area (Å²) in [6.07, 6.45) is 3.84. The number of hydrogen-bond acceptors (Lipinski definition) is 3. The van der Waals surface area contributed by atoms with Gasteiger partial charge in [0.25, 0.3) is 0 Å². The van der Waals surface area contributed by atoms with Gasteiger partial charge in [0.15, 0.2) is 0 Å². The first-order chi connectivity index (χ1) is 9.19. The first-order valence-corrected chi connectivity index (χ1v) is 7.30. The maximum absolute atomic E-state index is 5.71. The van der Waals surface area contributed by atoms with Crippen molar-refractivity contribution in [1.29, 1.82) is 0 Å². The molecule has 1 saturated heterocycles. The van der Waals surface area contributed by atoms with Crippen LogP contribution < -0.4 is 10.2 Å². The molecule has 1 heterocycles. The van der Waals surface area contributed by atoms with Crippen molar-refractivity contribution in [3.8, 4) is 0 Å². The Morgan fingerprint density at radius 2 is 2.00 bits per heavy atom. The van der Waals surface area contributed by atoms with Crippen LogP contribution in [0.15, 0.2) is 24.3 Å². The van der Waals surface area contributed by atoms with Crippen LogP contribution in [0.3, 0.4) is 0 Å². The molecular weight excluding hydrogens is 236 g/mol. The highest BCUT2D eigenvalue weighted by Gasteiger charge is 2.20. The highest BCUT2D eigenvalue weighted by Crippen LogP contribution is 2.17. The molecule has 0 radical (unpaired) electrons. The van der Waals surface area contributed by atoms with Gasteiger partial charge in [-0.05, 0) is 37.0 Å². The average Bonchev–Trinajstić information content (AvgIpc) is 2.46. The van der Waals surface area contributed by atoms with Crippen molar-refractivity contribution in [3.05, 3.63) is 29.8 Å². The van der Waals surface area contributed by atoms with E-state index in [1.54, 1.807) is 0 Å². The van der Waals surface area contributed by atoms with Gasteiger partial charge in [-0.15, -0.1) is 0 Å². The molecule has 3 heteroatoms. The maximum atomic E-state index is 5.71. The zero-order valence-electron chi connectivity index (χ0n) is 12.4. The molecule has 0 bridgehead atoms. The van der Waals surface area contributed by atoms with Gasteiger partial charge in [-0.3, -0.25) is 0 Å². The SMILES string of the molecule is CCC1CC(NCc2ccc(N(C)C)cc2)CCO1. The van der Waals surface area contributed by atoms with Crippen molar-refractivity contribution in [3.63, 3.8) is 0 Å². The summed E-state index contributed by atoms with van der Waals surface area (Å²) < 4.78 is 5.71. The predicted octanol–water partition coefficient (Wildman–Crippen LogP) is 2.80. The Balaban J connectivity index is 1.81. The van der Waals surface area contributed by atoms with E-state index in [0.717, 1.165) is 32.4 Å². The lowest BCUT2D eigenvalue weighted by atomic mass is 10.0. The Morgan fingerprint density at radius 1 is 1.26 bits per heavy atom. The smallest absolute Gasteiger partial charge is 0.0587 e. The summed E-state index contributed by atoms with van der Waals surface area (Å²) in [6.45, 7) is 4.05. The lowest BCUT2D eigenvalue weighted by Gasteiger charge is -2.29. The van der Waals surface area contributed by atoms with Crippen LogP contribution in [0, 0.1) is 0 Å². The summed E-state index contributed by atoms with van der Waals surface area (Å²) >= 11 is 0. The van der Waals surface area contributed by atoms with Crippen LogP contribution in [0.4, 0.5) is 5.69 Å². The number of hydrogen-bond donors (Lipinski definition) is 1. The van der Waals surface area contributed by atoms with E-state index in [9.17, 15) is 0 Å². The van der Waals surface area contributed by atoms with Gasteiger partial charge in [-0.25, -0.2) is 0 Å².